The molecule has 1 aromatic heterocycles. The molecular formula is C35H50FN7O4. The van der Waals surface area contributed by atoms with Crippen LogP contribution in [0.25, 0.3) is 0 Å². The van der Waals surface area contributed by atoms with Crippen LogP contribution in [0.1, 0.15) is 101 Å². The highest BCUT2D eigenvalue weighted by Crippen LogP contribution is 2.52. The van der Waals surface area contributed by atoms with Crippen LogP contribution in [0.15, 0.2) is 30.5 Å². The molecule has 4 amide bonds. The summed E-state index contributed by atoms with van der Waals surface area (Å²) in [5.41, 5.74) is 0.277. The highest BCUT2D eigenvalue weighted by molar-refractivity contribution is 6.01. The van der Waals surface area contributed by atoms with Gasteiger partial charge in [-0.05, 0) is 76.3 Å². The molecule has 0 bridgehead atoms. The number of hydrogen-bond acceptors (Lipinski definition) is 6. The number of anilines is 1. The molecule has 47 heavy (non-hydrogen) atoms. The topological polar surface area (TPSA) is 129 Å². The van der Waals surface area contributed by atoms with Gasteiger partial charge in [-0.1, -0.05) is 38.7 Å². The number of likely N-dealkylation sites (N-methyl/N-ethyl adjacent to an activating group) is 1. The van der Waals surface area contributed by atoms with Gasteiger partial charge in [0.25, 0.3) is 5.91 Å². The summed E-state index contributed by atoms with van der Waals surface area (Å²) in [6.45, 7) is 8.25. The summed E-state index contributed by atoms with van der Waals surface area (Å²) in [6, 6.07) is 4.60. The second-order valence-corrected chi connectivity index (χ2v) is 13.8. The Balaban J connectivity index is 1.36. The summed E-state index contributed by atoms with van der Waals surface area (Å²) < 4.78 is 17.5. The number of halogens is 1. The molecule has 1 saturated heterocycles. The normalized spacial score (nSPS) is 19.8. The molecule has 0 radical (unpaired) electrons. The van der Waals surface area contributed by atoms with E-state index in [-0.39, 0.29) is 35.9 Å². The monoisotopic (exact) mass is 651 g/mol. The average molecular weight is 652 g/mol. The van der Waals surface area contributed by atoms with Crippen LogP contribution in [0.4, 0.5) is 10.1 Å². The highest BCUT2D eigenvalue weighted by atomic mass is 19.1. The maximum Gasteiger partial charge on any atom is 0.270 e. The van der Waals surface area contributed by atoms with Crippen LogP contribution in [0, 0.1) is 11.7 Å². The van der Waals surface area contributed by atoms with E-state index >= 15 is 4.39 Å². The summed E-state index contributed by atoms with van der Waals surface area (Å²) in [6.07, 6.45) is 8.72. The number of hydrogen-bond donors (Lipinski definition) is 3. The molecule has 2 aliphatic carbocycles. The first kappa shape index (κ1) is 34.5. The van der Waals surface area contributed by atoms with Gasteiger partial charge in [-0.25, -0.2) is 4.39 Å². The van der Waals surface area contributed by atoms with Crippen LogP contribution in [0.5, 0.6) is 0 Å². The predicted octanol–water partition coefficient (Wildman–Crippen LogP) is 4.01. The number of nitrogens with one attached hydrogen (secondary N) is 3. The van der Waals surface area contributed by atoms with Gasteiger partial charge in [0.05, 0.1) is 5.69 Å². The number of piperazine rings is 1. The fraction of sp³-hybridized carbons (Fsp3) is 0.629. The molecule has 0 spiro atoms. The van der Waals surface area contributed by atoms with E-state index in [0.29, 0.717) is 37.2 Å². The van der Waals surface area contributed by atoms with Crippen LogP contribution < -0.4 is 16.0 Å². The number of benzene rings is 1. The summed E-state index contributed by atoms with van der Waals surface area (Å²) in [7, 11) is 2.01. The third kappa shape index (κ3) is 7.85. The summed E-state index contributed by atoms with van der Waals surface area (Å²) in [4.78, 5) is 57.6. The van der Waals surface area contributed by atoms with Gasteiger partial charge in [0, 0.05) is 50.3 Å². The van der Waals surface area contributed by atoms with Crippen LogP contribution >= 0.6 is 0 Å². The number of rotatable bonds is 11. The first-order valence-electron chi connectivity index (χ1n) is 17.3. The fourth-order valence-corrected chi connectivity index (χ4v) is 7.09. The predicted molar refractivity (Wildman–Crippen MR) is 177 cm³/mol. The third-order valence-corrected chi connectivity index (χ3v) is 10.2. The van der Waals surface area contributed by atoms with E-state index in [4.69, 9.17) is 0 Å². The Morgan fingerprint density at radius 1 is 0.979 bits per heavy atom. The lowest BCUT2D eigenvalue weighted by Crippen LogP contribution is -2.58. The average Bonchev–Trinajstić information content (AvgIpc) is 3.78. The van der Waals surface area contributed by atoms with Crippen LogP contribution in [0.3, 0.4) is 0 Å². The molecule has 2 atom stereocenters. The summed E-state index contributed by atoms with van der Waals surface area (Å²) >= 11 is 0. The Kier molecular flexibility index (Phi) is 11.0. The van der Waals surface area contributed by atoms with Crippen molar-refractivity contribution >= 4 is 29.3 Å². The quantitative estimate of drug-likeness (QED) is 0.315. The van der Waals surface area contributed by atoms with Gasteiger partial charge in [0.15, 0.2) is 0 Å². The van der Waals surface area contributed by atoms with Gasteiger partial charge in [-0.3, -0.25) is 23.9 Å². The van der Waals surface area contributed by atoms with Gasteiger partial charge < -0.3 is 25.8 Å². The molecular weight excluding hydrogens is 601 g/mol. The van der Waals surface area contributed by atoms with E-state index < -0.39 is 35.1 Å². The molecule has 0 unspecified atom stereocenters. The number of carbonyl (C=O) groups excluding carboxylic acids is 4. The van der Waals surface area contributed by atoms with E-state index in [9.17, 15) is 19.2 Å². The molecule has 2 aromatic rings. The van der Waals surface area contributed by atoms with Crippen molar-refractivity contribution in [3.05, 3.63) is 47.5 Å². The number of amides is 4. The smallest absolute Gasteiger partial charge is 0.270 e. The highest BCUT2D eigenvalue weighted by Gasteiger charge is 2.55. The zero-order chi connectivity index (χ0) is 33.7. The van der Waals surface area contributed by atoms with Gasteiger partial charge >= 0.3 is 0 Å². The first-order valence-corrected chi connectivity index (χ1v) is 17.3. The Labute approximate surface area is 277 Å². The van der Waals surface area contributed by atoms with Gasteiger partial charge in [0.2, 0.25) is 17.7 Å². The first-order chi connectivity index (χ1) is 22.5. The lowest BCUT2D eigenvalue weighted by Gasteiger charge is -2.37. The van der Waals surface area contributed by atoms with Crippen molar-refractivity contribution in [3.63, 3.8) is 0 Å². The second kappa shape index (κ2) is 15.0. The fourth-order valence-electron chi connectivity index (χ4n) is 7.09. The van der Waals surface area contributed by atoms with Crippen molar-refractivity contribution in [1.82, 2.24) is 30.2 Å². The Morgan fingerprint density at radius 3 is 2.26 bits per heavy atom. The van der Waals surface area contributed by atoms with E-state index in [1.807, 2.05) is 20.9 Å². The molecule has 1 aliphatic heterocycles. The van der Waals surface area contributed by atoms with Crippen molar-refractivity contribution in [2.24, 2.45) is 5.92 Å². The van der Waals surface area contributed by atoms with Gasteiger partial charge in [-0.2, -0.15) is 5.10 Å². The molecule has 12 heteroatoms. The van der Waals surface area contributed by atoms with Crippen molar-refractivity contribution in [2.75, 3.05) is 38.5 Å². The Morgan fingerprint density at radius 2 is 1.66 bits per heavy atom. The molecule has 3 N–H and O–H groups in total. The third-order valence-electron chi connectivity index (χ3n) is 10.2. The zero-order valence-electron chi connectivity index (χ0n) is 28.2. The lowest BCUT2D eigenvalue weighted by atomic mass is 9.86. The minimum atomic E-state index is -0.847. The number of carbonyl (C=O) groups is 4. The van der Waals surface area contributed by atoms with E-state index in [0.717, 1.165) is 51.6 Å². The maximum absolute atomic E-state index is 15.9. The SMILES string of the molecule is CCC(=O)N[C@H](C(=O)N1CCN(C)CC1)C1(c2ccc(NC(=O)[C@@H](NC(=O)c3ccnn3C(C)C)C3CCCCCC3)c(F)c2)CC1. The molecule has 3 aliphatic rings. The van der Waals surface area contributed by atoms with Crippen molar-refractivity contribution in [2.45, 2.75) is 102 Å². The van der Waals surface area contributed by atoms with E-state index in [2.05, 4.69) is 25.9 Å². The van der Waals surface area contributed by atoms with Gasteiger partial charge in [-0.15, -0.1) is 0 Å². The Bertz CT molecular complexity index is 1440. The maximum atomic E-state index is 15.9. The molecule has 2 saturated carbocycles. The number of aromatic nitrogens is 2. The lowest BCUT2D eigenvalue weighted by molar-refractivity contribution is -0.138. The largest absolute Gasteiger partial charge is 0.343 e. The molecule has 11 nitrogen and oxygen atoms in total. The molecule has 5 rings (SSSR count). The van der Waals surface area contributed by atoms with Crippen molar-refractivity contribution < 1.29 is 23.6 Å². The number of nitrogens with zero attached hydrogens (tertiary/aromatic N) is 4. The minimum Gasteiger partial charge on any atom is -0.343 e. The van der Waals surface area contributed by atoms with Gasteiger partial charge in [0.1, 0.15) is 23.6 Å². The Hall–Kier alpha value is -3.80. The molecule has 256 valence electrons. The standard InChI is InChI=1S/C35H50FN7O4/c1-5-29(44)39-31(34(47)42-20-18-41(4)19-21-42)35(15-16-35)25-12-13-27(26(36)22-25)38-33(46)30(24-10-8-6-7-9-11-24)40-32(45)28-14-17-37-43(28)23(2)3/h12-14,17,22-24,30-31H,5-11,15-16,18-21H2,1-4H3,(H,38,46)(H,39,44)(H,40,45)/t30-,31+/m0/s1. The van der Waals surface area contributed by atoms with E-state index in [1.54, 1.807) is 34.8 Å². The summed E-state index contributed by atoms with van der Waals surface area (Å²) in [5.74, 6) is -1.94. The summed E-state index contributed by atoms with van der Waals surface area (Å²) in [5, 5.41) is 12.9. The zero-order valence-corrected chi connectivity index (χ0v) is 28.2. The molecule has 1 aromatic carbocycles. The molecule has 2 heterocycles. The van der Waals surface area contributed by atoms with E-state index in [1.165, 1.54) is 12.1 Å². The second-order valence-electron chi connectivity index (χ2n) is 13.8. The van der Waals surface area contributed by atoms with Crippen LogP contribution in [-0.4, -0.2) is 88.5 Å². The molecule has 3 fully saturated rings. The minimum absolute atomic E-state index is 0.00850. The van der Waals surface area contributed by atoms with Crippen LogP contribution in [-0.2, 0) is 19.8 Å². The van der Waals surface area contributed by atoms with Crippen molar-refractivity contribution in [1.29, 1.82) is 0 Å². The van der Waals surface area contributed by atoms with Crippen LogP contribution in [0.2, 0.25) is 0 Å². The van der Waals surface area contributed by atoms with Crippen molar-refractivity contribution in [3.8, 4) is 0 Å².